The van der Waals surface area contributed by atoms with Crippen LogP contribution in [0.1, 0.15) is 43.0 Å². The van der Waals surface area contributed by atoms with E-state index in [4.69, 9.17) is 16.3 Å². The minimum atomic E-state index is -0.311. The third-order valence-corrected chi connectivity index (χ3v) is 5.08. The molecule has 1 aliphatic rings. The molecule has 3 rings (SSSR count). The summed E-state index contributed by atoms with van der Waals surface area (Å²) in [7, 11) is 0. The maximum atomic E-state index is 12.5. The first-order valence-corrected chi connectivity index (χ1v) is 9.50. The fraction of sp³-hybridized carbons (Fsp3) is 0.500. The van der Waals surface area contributed by atoms with Crippen LogP contribution in [0.4, 0.5) is 0 Å². The lowest BCUT2D eigenvalue weighted by Gasteiger charge is -2.31. The van der Waals surface area contributed by atoms with Gasteiger partial charge in [0.1, 0.15) is 5.15 Å². The van der Waals surface area contributed by atoms with E-state index in [9.17, 15) is 4.79 Å². The van der Waals surface area contributed by atoms with E-state index in [1.54, 1.807) is 6.07 Å². The molecule has 0 N–H and O–H groups in total. The van der Waals surface area contributed by atoms with Crippen LogP contribution in [-0.4, -0.2) is 42.1 Å². The Labute approximate surface area is 154 Å². The van der Waals surface area contributed by atoms with E-state index in [-0.39, 0.29) is 5.97 Å². The van der Waals surface area contributed by atoms with Gasteiger partial charge in [0.05, 0.1) is 17.7 Å². The van der Waals surface area contributed by atoms with Crippen LogP contribution < -0.4 is 0 Å². The number of ether oxygens (including phenoxy) is 1. The van der Waals surface area contributed by atoms with Crippen LogP contribution >= 0.6 is 11.6 Å². The number of fused-ring (bicyclic) bond motifs is 1. The quantitative estimate of drug-likeness (QED) is 0.559. The van der Waals surface area contributed by atoms with Crippen LogP contribution in [0.25, 0.3) is 10.9 Å². The number of unbranched alkanes of at least 4 members (excludes halogenated alkanes) is 1. The van der Waals surface area contributed by atoms with Gasteiger partial charge in [-0.15, -0.1) is 0 Å². The van der Waals surface area contributed by atoms with Crippen LogP contribution in [0.3, 0.4) is 0 Å². The summed E-state index contributed by atoms with van der Waals surface area (Å²) in [6.45, 7) is 6.10. The van der Waals surface area contributed by atoms with Gasteiger partial charge < -0.3 is 9.64 Å². The first kappa shape index (κ1) is 18.2. The average Bonchev–Trinajstić information content (AvgIpc) is 2.64. The second-order valence-electron chi connectivity index (χ2n) is 6.75. The highest BCUT2D eigenvalue weighted by Crippen LogP contribution is 2.23. The number of para-hydroxylation sites is 1. The predicted octanol–water partition coefficient (Wildman–Crippen LogP) is 4.56. The van der Waals surface area contributed by atoms with Crippen molar-refractivity contribution in [3.05, 3.63) is 41.0 Å². The Kier molecular flexibility index (Phi) is 6.27. The Morgan fingerprint density at radius 3 is 2.84 bits per heavy atom. The third-order valence-electron chi connectivity index (χ3n) is 4.89. The van der Waals surface area contributed by atoms with Gasteiger partial charge in [0.2, 0.25) is 0 Å². The molecule has 0 unspecified atom stereocenters. The van der Waals surface area contributed by atoms with E-state index in [0.29, 0.717) is 28.8 Å². The van der Waals surface area contributed by atoms with E-state index < -0.39 is 0 Å². The van der Waals surface area contributed by atoms with Crippen molar-refractivity contribution in [1.29, 1.82) is 0 Å². The predicted molar refractivity (Wildman–Crippen MR) is 101 cm³/mol. The number of likely N-dealkylation sites (tertiary alicyclic amines) is 1. The first-order valence-electron chi connectivity index (χ1n) is 9.12. The van der Waals surface area contributed by atoms with Gasteiger partial charge in [-0.25, -0.2) is 9.78 Å². The van der Waals surface area contributed by atoms with Crippen molar-refractivity contribution in [1.82, 2.24) is 9.88 Å². The SMILES string of the molecule is CCCCN1CCC(COC(=O)c2cc(Cl)nc3ccccc23)CC1. The topological polar surface area (TPSA) is 42.4 Å². The number of carbonyl (C=O) groups is 1. The normalized spacial score (nSPS) is 16.2. The number of carbonyl (C=O) groups excluding carboxylic acids is 1. The van der Waals surface area contributed by atoms with Crippen molar-refractivity contribution in [2.24, 2.45) is 5.92 Å². The van der Waals surface area contributed by atoms with Crippen molar-refractivity contribution >= 4 is 28.5 Å². The standard InChI is InChI=1S/C20H25ClN2O2/c1-2-3-10-23-11-8-15(9-12-23)14-25-20(24)17-13-19(21)22-18-7-5-4-6-16(17)18/h4-7,13,15H,2-3,8-12,14H2,1H3. The molecule has 25 heavy (non-hydrogen) atoms. The van der Waals surface area contributed by atoms with Crippen LogP contribution in [0.2, 0.25) is 5.15 Å². The zero-order valence-electron chi connectivity index (χ0n) is 14.7. The van der Waals surface area contributed by atoms with Crippen molar-refractivity contribution in [3.8, 4) is 0 Å². The number of halogens is 1. The largest absolute Gasteiger partial charge is 0.462 e. The van der Waals surface area contributed by atoms with Gasteiger partial charge in [-0.2, -0.15) is 0 Å². The molecule has 0 atom stereocenters. The molecule has 1 fully saturated rings. The molecular weight excluding hydrogens is 336 g/mol. The molecule has 134 valence electrons. The van der Waals surface area contributed by atoms with Crippen LogP contribution in [0.5, 0.6) is 0 Å². The molecule has 1 aromatic heterocycles. The molecule has 0 amide bonds. The van der Waals surface area contributed by atoms with Gasteiger partial charge in [0.15, 0.2) is 0 Å². The second kappa shape index (κ2) is 8.63. The van der Waals surface area contributed by atoms with E-state index >= 15 is 0 Å². The zero-order valence-corrected chi connectivity index (χ0v) is 15.5. The number of aromatic nitrogens is 1. The molecule has 4 nitrogen and oxygen atoms in total. The number of hydrogen-bond donors (Lipinski definition) is 0. The Bertz CT molecular complexity index is 727. The summed E-state index contributed by atoms with van der Waals surface area (Å²) in [4.78, 5) is 19.3. The lowest BCUT2D eigenvalue weighted by Crippen LogP contribution is -2.36. The van der Waals surface area contributed by atoms with Crippen LogP contribution in [-0.2, 0) is 4.74 Å². The van der Waals surface area contributed by atoms with Gasteiger partial charge in [-0.05, 0) is 56.9 Å². The summed E-state index contributed by atoms with van der Waals surface area (Å²) >= 11 is 6.05. The molecule has 5 heteroatoms. The number of pyridine rings is 1. The van der Waals surface area contributed by atoms with Gasteiger partial charge in [-0.3, -0.25) is 0 Å². The van der Waals surface area contributed by atoms with Crippen LogP contribution in [0, 0.1) is 5.92 Å². The first-order chi connectivity index (χ1) is 12.2. The maximum Gasteiger partial charge on any atom is 0.338 e. The Hall–Kier alpha value is -1.65. The zero-order chi connectivity index (χ0) is 17.6. The molecule has 1 aromatic carbocycles. The molecule has 2 heterocycles. The van der Waals surface area contributed by atoms with Crippen molar-refractivity contribution in [2.75, 3.05) is 26.2 Å². The highest BCUT2D eigenvalue weighted by molar-refractivity contribution is 6.30. The fourth-order valence-electron chi connectivity index (χ4n) is 3.34. The molecule has 0 radical (unpaired) electrons. The molecule has 0 aliphatic carbocycles. The minimum Gasteiger partial charge on any atom is -0.462 e. The second-order valence-corrected chi connectivity index (χ2v) is 7.13. The summed E-state index contributed by atoms with van der Waals surface area (Å²) in [5, 5.41) is 1.10. The summed E-state index contributed by atoms with van der Waals surface area (Å²) in [6, 6.07) is 9.10. The molecule has 0 saturated carbocycles. The number of hydrogen-bond acceptors (Lipinski definition) is 4. The average molecular weight is 361 g/mol. The van der Waals surface area contributed by atoms with Gasteiger partial charge in [-0.1, -0.05) is 43.1 Å². The molecule has 0 bridgehead atoms. The maximum absolute atomic E-state index is 12.5. The summed E-state index contributed by atoms with van der Waals surface area (Å²) in [6.07, 6.45) is 4.68. The van der Waals surface area contributed by atoms with E-state index in [0.717, 1.165) is 31.3 Å². The third kappa shape index (κ3) is 4.71. The summed E-state index contributed by atoms with van der Waals surface area (Å²) < 4.78 is 5.60. The molecule has 0 spiro atoms. The van der Waals surface area contributed by atoms with Crippen molar-refractivity contribution < 1.29 is 9.53 Å². The lowest BCUT2D eigenvalue weighted by molar-refractivity contribution is 0.0374. The minimum absolute atomic E-state index is 0.311. The molecular formula is C20H25ClN2O2. The van der Waals surface area contributed by atoms with Gasteiger partial charge >= 0.3 is 5.97 Å². The van der Waals surface area contributed by atoms with E-state index in [1.165, 1.54) is 19.4 Å². The number of esters is 1. The fourth-order valence-corrected chi connectivity index (χ4v) is 3.54. The summed E-state index contributed by atoms with van der Waals surface area (Å²) in [5.41, 5.74) is 1.21. The molecule has 2 aromatic rings. The van der Waals surface area contributed by atoms with Gasteiger partial charge in [0, 0.05) is 5.39 Å². The highest BCUT2D eigenvalue weighted by atomic mass is 35.5. The number of rotatable bonds is 6. The number of nitrogens with zero attached hydrogens (tertiary/aromatic N) is 2. The van der Waals surface area contributed by atoms with Crippen molar-refractivity contribution in [3.63, 3.8) is 0 Å². The Balaban J connectivity index is 1.57. The smallest absolute Gasteiger partial charge is 0.338 e. The van der Waals surface area contributed by atoms with E-state index in [2.05, 4.69) is 16.8 Å². The van der Waals surface area contributed by atoms with Crippen LogP contribution in [0.15, 0.2) is 30.3 Å². The number of benzene rings is 1. The monoisotopic (exact) mass is 360 g/mol. The van der Waals surface area contributed by atoms with E-state index in [1.807, 2.05) is 24.3 Å². The molecule has 1 aliphatic heterocycles. The van der Waals surface area contributed by atoms with Gasteiger partial charge in [0.25, 0.3) is 0 Å². The highest BCUT2D eigenvalue weighted by Gasteiger charge is 2.21. The van der Waals surface area contributed by atoms with Crippen molar-refractivity contribution in [2.45, 2.75) is 32.6 Å². The Morgan fingerprint density at radius 1 is 1.32 bits per heavy atom. The molecule has 1 saturated heterocycles. The summed E-state index contributed by atoms with van der Waals surface area (Å²) in [5.74, 6) is 0.138. The Morgan fingerprint density at radius 2 is 2.08 bits per heavy atom. The number of piperidine rings is 1. The lowest BCUT2D eigenvalue weighted by atomic mass is 9.97.